The van der Waals surface area contributed by atoms with Gasteiger partial charge in [0.1, 0.15) is 5.82 Å². The molecule has 0 aliphatic carbocycles. The van der Waals surface area contributed by atoms with Crippen LogP contribution < -0.4 is 11.1 Å². The van der Waals surface area contributed by atoms with Crippen LogP contribution in [0.25, 0.3) is 0 Å². The number of carbonyl (C=O) groups is 1. The maximum Gasteiger partial charge on any atom is 0.224 e. The lowest BCUT2D eigenvalue weighted by Gasteiger charge is -2.05. The van der Waals surface area contributed by atoms with Crippen LogP contribution >= 0.6 is 12.2 Å². The number of thiocarbonyl (C=S) groups is 1. The molecule has 0 spiro atoms. The third kappa shape index (κ3) is 6.30. The van der Waals surface area contributed by atoms with Crippen molar-refractivity contribution in [2.45, 2.75) is 25.7 Å². The van der Waals surface area contributed by atoms with E-state index in [2.05, 4.69) is 5.32 Å². The van der Waals surface area contributed by atoms with Crippen molar-refractivity contribution in [3.8, 4) is 0 Å². The van der Waals surface area contributed by atoms with Gasteiger partial charge in [-0.15, -0.1) is 0 Å². The van der Waals surface area contributed by atoms with Crippen molar-refractivity contribution in [1.29, 1.82) is 0 Å². The molecule has 0 aliphatic rings. The summed E-state index contributed by atoms with van der Waals surface area (Å²) in [6.07, 6.45) is 2.62. The van der Waals surface area contributed by atoms with Crippen molar-refractivity contribution >= 4 is 23.1 Å². The first kappa shape index (κ1) is 14.6. The molecule has 3 N–H and O–H groups in total. The number of hydrogen-bond donors (Lipinski definition) is 2. The minimum atomic E-state index is -0.322. The molecule has 0 atom stereocenters. The molecule has 3 nitrogen and oxygen atoms in total. The van der Waals surface area contributed by atoms with Gasteiger partial charge in [-0.3, -0.25) is 4.79 Å². The molecular formula is C13H17FN2OS. The molecule has 0 bridgehead atoms. The van der Waals surface area contributed by atoms with E-state index in [-0.39, 0.29) is 18.1 Å². The highest BCUT2D eigenvalue weighted by Crippen LogP contribution is 2.04. The lowest BCUT2D eigenvalue weighted by atomic mass is 10.1. The molecule has 0 saturated carbocycles. The molecule has 0 aromatic heterocycles. The van der Waals surface area contributed by atoms with E-state index >= 15 is 0 Å². The molecule has 1 rings (SSSR count). The average Bonchev–Trinajstić information content (AvgIpc) is 2.28. The monoisotopic (exact) mass is 268 g/mol. The first-order valence-electron chi connectivity index (χ1n) is 5.87. The van der Waals surface area contributed by atoms with Gasteiger partial charge < -0.3 is 11.1 Å². The summed E-state index contributed by atoms with van der Waals surface area (Å²) in [5.74, 6) is -0.423. The fourth-order valence-electron chi connectivity index (χ4n) is 1.55. The first-order chi connectivity index (χ1) is 8.58. The van der Waals surface area contributed by atoms with Gasteiger partial charge in [-0.2, -0.15) is 0 Å². The summed E-state index contributed by atoms with van der Waals surface area (Å²) in [6.45, 7) is 0.594. The fraction of sp³-hybridized carbons (Fsp3) is 0.385. The normalized spacial score (nSPS) is 10.1. The van der Waals surface area contributed by atoms with E-state index in [9.17, 15) is 9.18 Å². The Morgan fingerprint density at radius 3 is 2.83 bits per heavy atom. The molecule has 0 saturated heterocycles. The number of unbranched alkanes of at least 4 members (excludes halogenated alkanes) is 1. The lowest BCUT2D eigenvalue weighted by Crippen LogP contribution is -2.26. The minimum absolute atomic E-state index is 0.101. The Labute approximate surface area is 112 Å². The summed E-state index contributed by atoms with van der Waals surface area (Å²) >= 11 is 4.75. The Hall–Kier alpha value is -1.49. The largest absolute Gasteiger partial charge is 0.393 e. The number of nitrogens with two attached hydrogens (primary N) is 1. The zero-order chi connectivity index (χ0) is 13.4. The van der Waals surface area contributed by atoms with Gasteiger partial charge in [-0.25, -0.2) is 4.39 Å². The van der Waals surface area contributed by atoms with E-state index in [0.717, 1.165) is 12.8 Å². The van der Waals surface area contributed by atoms with E-state index in [1.807, 2.05) is 0 Å². The van der Waals surface area contributed by atoms with Crippen molar-refractivity contribution in [2.75, 3.05) is 6.54 Å². The van der Waals surface area contributed by atoms with Crippen LogP contribution in [0.1, 0.15) is 24.8 Å². The number of hydrogen-bond acceptors (Lipinski definition) is 2. The molecule has 98 valence electrons. The van der Waals surface area contributed by atoms with Gasteiger partial charge in [0.15, 0.2) is 0 Å². The van der Waals surface area contributed by atoms with Gasteiger partial charge in [0.2, 0.25) is 5.91 Å². The maximum absolute atomic E-state index is 12.9. The van der Waals surface area contributed by atoms with Crippen molar-refractivity contribution < 1.29 is 9.18 Å². The molecule has 1 aromatic rings. The third-order valence-electron chi connectivity index (χ3n) is 2.43. The molecule has 1 amide bonds. The zero-order valence-electron chi connectivity index (χ0n) is 10.1. The molecule has 0 unspecified atom stereocenters. The van der Waals surface area contributed by atoms with Gasteiger partial charge in [-0.1, -0.05) is 24.4 Å². The molecule has 0 heterocycles. The molecule has 0 fully saturated rings. The van der Waals surface area contributed by atoms with Crippen molar-refractivity contribution in [1.82, 2.24) is 5.32 Å². The topological polar surface area (TPSA) is 55.1 Å². The van der Waals surface area contributed by atoms with Gasteiger partial charge in [0.25, 0.3) is 0 Å². The van der Waals surface area contributed by atoms with Gasteiger partial charge in [0, 0.05) is 6.54 Å². The second-order valence-electron chi connectivity index (χ2n) is 4.08. The molecule has 1 aromatic carbocycles. The number of benzene rings is 1. The number of rotatable bonds is 7. The number of carbonyl (C=O) groups excluding carboxylic acids is 1. The summed E-state index contributed by atoms with van der Waals surface area (Å²) in [5.41, 5.74) is 6.04. The zero-order valence-corrected chi connectivity index (χ0v) is 10.9. The van der Waals surface area contributed by atoms with Crippen molar-refractivity contribution in [3.63, 3.8) is 0 Å². The van der Waals surface area contributed by atoms with E-state index in [1.54, 1.807) is 12.1 Å². The molecule has 0 radical (unpaired) electrons. The predicted octanol–water partition coefficient (Wildman–Crippen LogP) is 1.94. The van der Waals surface area contributed by atoms with Crippen LogP contribution in [0.4, 0.5) is 4.39 Å². The Kier molecular flexibility index (Phi) is 6.28. The SMILES string of the molecule is NC(=S)CCCCNC(=O)Cc1cccc(F)c1. The lowest BCUT2D eigenvalue weighted by molar-refractivity contribution is -0.120. The first-order valence-corrected chi connectivity index (χ1v) is 6.28. The van der Waals surface area contributed by atoms with Crippen LogP contribution in [0.3, 0.4) is 0 Å². The average molecular weight is 268 g/mol. The minimum Gasteiger partial charge on any atom is -0.393 e. The Morgan fingerprint density at radius 2 is 2.17 bits per heavy atom. The summed E-state index contributed by atoms with van der Waals surface area (Å²) in [5, 5.41) is 2.78. The van der Waals surface area contributed by atoms with Crippen LogP contribution in [-0.4, -0.2) is 17.4 Å². The van der Waals surface area contributed by atoms with Crippen molar-refractivity contribution in [2.24, 2.45) is 5.73 Å². The quantitative estimate of drug-likeness (QED) is 0.587. The Morgan fingerprint density at radius 1 is 1.39 bits per heavy atom. The van der Waals surface area contributed by atoms with Crippen LogP contribution in [0.5, 0.6) is 0 Å². The van der Waals surface area contributed by atoms with E-state index in [4.69, 9.17) is 18.0 Å². The van der Waals surface area contributed by atoms with Gasteiger partial charge in [-0.05, 0) is 37.0 Å². The van der Waals surface area contributed by atoms with Crippen LogP contribution in [-0.2, 0) is 11.2 Å². The highest BCUT2D eigenvalue weighted by molar-refractivity contribution is 7.80. The molecule has 0 aliphatic heterocycles. The highest BCUT2D eigenvalue weighted by Gasteiger charge is 2.03. The van der Waals surface area contributed by atoms with E-state index in [1.165, 1.54) is 12.1 Å². The van der Waals surface area contributed by atoms with Crippen LogP contribution in [0, 0.1) is 5.82 Å². The standard InChI is InChI=1S/C13H17FN2OS/c14-11-5-3-4-10(8-11)9-13(17)16-7-2-1-6-12(15)18/h3-5,8H,1-2,6-7,9H2,(H2,15,18)(H,16,17). The van der Waals surface area contributed by atoms with Crippen LogP contribution in [0.15, 0.2) is 24.3 Å². The van der Waals surface area contributed by atoms with E-state index in [0.29, 0.717) is 23.5 Å². The second kappa shape index (κ2) is 7.76. The Balaban J connectivity index is 2.20. The summed E-state index contributed by atoms with van der Waals surface area (Å²) in [7, 11) is 0. The maximum atomic E-state index is 12.9. The highest BCUT2D eigenvalue weighted by atomic mass is 32.1. The molecule has 18 heavy (non-hydrogen) atoms. The number of amides is 1. The van der Waals surface area contributed by atoms with Crippen LogP contribution in [0.2, 0.25) is 0 Å². The predicted molar refractivity (Wildman–Crippen MR) is 73.8 cm³/mol. The number of halogens is 1. The second-order valence-corrected chi connectivity index (χ2v) is 4.60. The fourth-order valence-corrected chi connectivity index (χ4v) is 1.69. The summed E-state index contributed by atoms with van der Waals surface area (Å²) in [6, 6.07) is 6.05. The third-order valence-corrected chi connectivity index (χ3v) is 2.63. The molecular weight excluding hydrogens is 251 g/mol. The van der Waals surface area contributed by atoms with Crippen molar-refractivity contribution in [3.05, 3.63) is 35.6 Å². The van der Waals surface area contributed by atoms with E-state index < -0.39 is 0 Å². The number of nitrogens with one attached hydrogen (secondary N) is 1. The van der Waals surface area contributed by atoms with Gasteiger partial charge >= 0.3 is 0 Å². The smallest absolute Gasteiger partial charge is 0.224 e. The Bertz CT molecular complexity index is 423. The van der Waals surface area contributed by atoms with Gasteiger partial charge in [0.05, 0.1) is 11.4 Å². The summed E-state index contributed by atoms with van der Waals surface area (Å²) in [4.78, 5) is 12.0. The molecule has 5 heteroatoms. The summed E-state index contributed by atoms with van der Waals surface area (Å²) < 4.78 is 12.9.